The molecule has 0 saturated carbocycles. The molecule has 1 aliphatic rings. The first kappa shape index (κ1) is 13.1. The fourth-order valence-corrected chi connectivity index (χ4v) is 2.70. The van der Waals surface area contributed by atoms with Gasteiger partial charge in [0.1, 0.15) is 0 Å². The van der Waals surface area contributed by atoms with Crippen LogP contribution in [-0.4, -0.2) is 26.6 Å². The van der Waals surface area contributed by atoms with Gasteiger partial charge in [0.05, 0.1) is 5.25 Å². The lowest BCUT2D eigenvalue weighted by Crippen LogP contribution is -2.25. The summed E-state index contributed by atoms with van der Waals surface area (Å²) in [6, 6.07) is 5.23. The van der Waals surface area contributed by atoms with E-state index in [0.717, 1.165) is 22.9 Å². The maximum absolute atomic E-state index is 11.4. The Morgan fingerprint density at radius 1 is 1.39 bits per heavy atom. The molecule has 1 aliphatic heterocycles. The van der Waals surface area contributed by atoms with Gasteiger partial charge in [-0.3, -0.25) is 14.9 Å². The third-order valence-corrected chi connectivity index (χ3v) is 3.79. The molecule has 1 aromatic carbocycles. The second kappa shape index (κ2) is 5.09. The molecule has 0 bridgehead atoms. The largest absolute Gasteiger partial charge is 0.364 e. The minimum atomic E-state index is -1.53. The Bertz CT molecular complexity index is 501. The second-order valence-corrected chi connectivity index (χ2v) is 5.33. The lowest BCUT2D eigenvalue weighted by molar-refractivity contribution is -0.118. The summed E-state index contributed by atoms with van der Waals surface area (Å²) >= 11 is 0.962. The Balaban J connectivity index is 2.17. The molecule has 3 N–H and O–H groups in total. The van der Waals surface area contributed by atoms with E-state index in [-0.39, 0.29) is 11.1 Å². The first-order valence-electron chi connectivity index (χ1n) is 5.44. The Kier molecular flexibility index (Phi) is 3.70. The first-order chi connectivity index (χ1) is 8.47. The maximum Gasteiger partial charge on any atom is 0.286 e. The number of carbonyl (C=O) groups is 2. The van der Waals surface area contributed by atoms with Crippen LogP contribution in [-0.2, 0) is 11.2 Å². The summed E-state index contributed by atoms with van der Waals surface area (Å²) in [6.45, 7) is 1.78. The van der Waals surface area contributed by atoms with Gasteiger partial charge >= 0.3 is 0 Å². The van der Waals surface area contributed by atoms with Gasteiger partial charge in [-0.05, 0) is 24.5 Å². The van der Waals surface area contributed by atoms with Crippen LogP contribution in [0.3, 0.4) is 0 Å². The third-order valence-electron chi connectivity index (χ3n) is 2.81. The Morgan fingerprint density at radius 2 is 2.11 bits per heavy atom. The average Bonchev–Trinajstić information content (AvgIpc) is 2.60. The molecular formula is C12H13NO4S. The van der Waals surface area contributed by atoms with Gasteiger partial charge in [0.2, 0.25) is 5.91 Å². The predicted molar refractivity (Wildman–Crippen MR) is 67.0 cm³/mol. The van der Waals surface area contributed by atoms with Crippen molar-refractivity contribution in [3.8, 4) is 0 Å². The average molecular weight is 267 g/mol. The molecule has 1 atom stereocenters. The van der Waals surface area contributed by atoms with E-state index in [1.54, 1.807) is 19.1 Å². The summed E-state index contributed by atoms with van der Waals surface area (Å²) in [5.74, 6) is -0.295. The van der Waals surface area contributed by atoms with Crippen LogP contribution in [0.1, 0.15) is 23.0 Å². The van der Waals surface area contributed by atoms with Gasteiger partial charge in [-0.2, -0.15) is 0 Å². The summed E-state index contributed by atoms with van der Waals surface area (Å²) in [5, 5.41) is 19.8. The summed E-state index contributed by atoms with van der Waals surface area (Å²) in [6.07, 6.45) is -1.14. The van der Waals surface area contributed by atoms with Gasteiger partial charge in [0, 0.05) is 5.56 Å². The monoisotopic (exact) mass is 267 g/mol. The quantitative estimate of drug-likeness (QED) is 0.707. The number of aliphatic hydroxyl groups excluding tert-OH is 1. The van der Waals surface area contributed by atoms with Gasteiger partial charge in [0.25, 0.3) is 5.24 Å². The van der Waals surface area contributed by atoms with Crippen LogP contribution in [0.4, 0.5) is 4.79 Å². The van der Waals surface area contributed by atoms with Crippen LogP contribution in [0.15, 0.2) is 18.2 Å². The number of carbonyl (C=O) groups excluding carboxylic acids is 2. The minimum absolute atomic E-state index is 0.295. The Hall–Kier alpha value is -1.37. The number of benzene rings is 1. The van der Waals surface area contributed by atoms with Crippen molar-refractivity contribution in [3.05, 3.63) is 34.9 Å². The summed E-state index contributed by atoms with van der Waals surface area (Å²) < 4.78 is 0. The van der Waals surface area contributed by atoms with E-state index in [0.29, 0.717) is 12.0 Å². The molecule has 1 saturated heterocycles. The summed E-state index contributed by atoms with van der Waals surface area (Å²) in [7, 11) is 0. The number of hydrogen-bond donors (Lipinski definition) is 3. The van der Waals surface area contributed by atoms with Crippen LogP contribution in [0.25, 0.3) is 0 Å². The molecule has 1 unspecified atom stereocenters. The van der Waals surface area contributed by atoms with Gasteiger partial charge < -0.3 is 10.2 Å². The van der Waals surface area contributed by atoms with Crippen LogP contribution in [0.5, 0.6) is 0 Å². The molecular weight excluding hydrogens is 254 g/mol. The molecule has 6 heteroatoms. The van der Waals surface area contributed by atoms with E-state index in [1.165, 1.54) is 0 Å². The van der Waals surface area contributed by atoms with Crippen molar-refractivity contribution in [1.82, 2.24) is 5.32 Å². The van der Waals surface area contributed by atoms with Crippen molar-refractivity contribution in [2.24, 2.45) is 0 Å². The van der Waals surface area contributed by atoms with Gasteiger partial charge in [-0.1, -0.05) is 30.0 Å². The SMILES string of the molecule is Cc1ccc(CC2SC(=O)NC2=O)cc1C(O)O. The van der Waals surface area contributed by atoms with Crippen molar-refractivity contribution in [2.45, 2.75) is 24.9 Å². The van der Waals surface area contributed by atoms with Crippen molar-refractivity contribution < 1.29 is 19.8 Å². The number of imide groups is 1. The number of thioether (sulfide) groups is 1. The number of nitrogens with one attached hydrogen (secondary N) is 1. The standard InChI is InChI=1S/C12H13NO4S/c1-6-2-3-7(4-8(6)11(15)16)5-9-10(14)13-12(17)18-9/h2-4,9,11,15-16H,5H2,1H3,(H,13,14,17). The highest BCUT2D eigenvalue weighted by atomic mass is 32.2. The predicted octanol–water partition coefficient (Wildman–Crippen LogP) is 0.872. The summed E-state index contributed by atoms with van der Waals surface area (Å²) in [4.78, 5) is 22.5. The van der Waals surface area contributed by atoms with Crippen molar-refractivity contribution >= 4 is 22.9 Å². The highest BCUT2D eigenvalue weighted by molar-refractivity contribution is 8.15. The van der Waals surface area contributed by atoms with Crippen LogP contribution in [0, 0.1) is 6.92 Å². The Morgan fingerprint density at radius 3 is 2.67 bits per heavy atom. The smallest absolute Gasteiger partial charge is 0.286 e. The fraction of sp³-hybridized carbons (Fsp3) is 0.333. The molecule has 2 rings (SSSR count). The van der Waals surface area contributed by atoms with Crippen molar-refractivity contribution in [3.63, 3.8) is 0 Å². The molecule has 1 fully saturated rings. The van der Waals surface area contributed by atoms with E-state index in [4.69, 9.17) is 0 Å². The maximum atomic E-state index is 11.4. The lowest BCUT2D eigenvalue weighted by atomic mass is 10.0. The van der Waals surface area contributed by atoms with E-state index >= 15 is 0 Å². The molecule has 96 valence electrons. The highest BCUT2D eigenvalue weighted by Gasteiger charge is 2.31. The zero-order valence-electron chi connectivity index (χ0n) is 9.71. The van der Waals surface area contributed by atoms with Crippen LogP contribution >= 0.6 is 11.8 Å². The molecule has 18 heavy (non-hydrogen) atoms. The number of hydrogen-bond acceptors (Lipinski definition) is 5. The van der Waals surface area contributed by atoms with Gasteiger partial charge in [0.15, 0.2) is 6.29 Å². The van der Waals surface area contributed by atoms with Gasteiger partial charge in [-0.15, -0.1) is 0 Å². The molecule has 1 heterocycles. The normalized spacial score (nSPS) is 19.4. The topological polar surface area (TPSA) is 86.6 Å². The molecule has 2 amide bonds. The zero-order valence-corrected chi connectivity index (χ0v) is 10.5. The van der Waals surface area contributed by atoms with E-state index in [1.807, 2.05) is 6.07 Å². The van der Waals surface area contributed by atoms with E-state index in [9.17, 15) is 19.8 Å². The fourth-order valence-electron chi connectivity index (χ4n) is 1.84. The zero-order chi connectivity index (χ0) is 13.3. The Labute approximate surface area is 108 Å². The third kappa shape index (κ3) is 2.72. The number of amides is 2. The van der Waals surface area contributed by atoms with Crippen LogP contribution in [0.2, 0.25) is 0 Å². The highest BCUT2D eigenvalue weighted by Crippen LogP contribution is 2.25. The van der Waals surface area contributed by atoms with E-state index < -0.39 is 11.5 Å². The van der Waals surface area contributed by atoms with Crippen molar-refractivity contribution in [1.29, 1.82) is 0 Å². The molecule has 5 nitrogen and oxygen atoms in total. The molecule has 0 aromatic heterocycles. The van der Waals surface area contributed by atoms with Crippen LogP contribution < -0.4 is 5.32 Å². The number of aryl methyl sites for hydroxylation is 1. The summed E-state index contributed by atoms with van der Waals surface area (Å²) in [5.41, 5.74) is 1.99. The molecule has 0 radical (unpaired) electrons. The molecule has 0 aliphatic carbocycles. The lowest BCUT2D eigenvalue weighted by Gasteiger charge is -2.11. The minimum Gasteiger partial charge on any atom is -0.364 e. The second-order valence-electron chi connectivity index (χ2n) is 4.15. The number of rotatable bonds is 3. The van der Waals surface area contributed by atoms with Crippen molar-refractivity contribution in [2.75, 3.05) is 0 Å². The van der Waals surface area contributed by atoms with Gasteiger partial charge in [-0.25, -0.2) is 0 Å². The first-order valence-corrected chi connectivity index (χ1v) is 6.32. The van der Waals surface area contributed by atoms with E-state index in [2.05, 4.69) is 5.32 Å². The number of aliphatic hydroxyl groups is 2. The molecule has 0 spiro atoms. The molecule has 1 aromatic rings.